The second-order valence-electron chi connectivity index (χ2n) is 6.58. The van der Waals surface area contributed by atoms with Gasteiger partial charge in [-0.1, -0.05) is 18.5 Å². The lowest BCUT2D eigenvalue weighted by molar-refractivity contribution is 0.0926. The van der Waals surface area contributed by atoms with Crippen molar-refractivity contribution in [2.45, 2.75) is 52.2 Å². The molecule has 2 heterocycles. The maximum Gasteiger partial charge on any atom is 0.147 e. The predicted octanol–water partition coefficient (Wildman–Crippen LogP) is 3.24. The molecule has 0 aromatic carbocycles. The normalized spacial score (nSPS) is 19.9. The van der Waals surface area contributed by atoms with E-state index in [9.17, 15) is 0 Å². The van der Waals surface area contributed by atoms with E-state index in [2.05, 4.69) is 42.9 Å². The number of aromatic nitrogens is 1. The molecule has 4 nitrogen and oxygen atoms in total. The van der Waals surface area contributed by atoms with Gasteiger partial charge in [-0.25, -0.2) is 4.98 Å². The molecule has 0 saturated carbocycles. The first kappa shape index (κ1) is 16.5. The van der Waals surface area contributed by atoms with Gasteiger partial charge in [-0.15, -0.1) is 0 Å². The number of nitrogens with one attached hydrogen (secondary N) is 1. The quantitative estimate of drug-likeness (QED) is 0.926. The van der Waals surface area contributed by atoms with E-state index < -0.39 is 0 Å². The SMILES string of the molecule is CCC1COCCN1c1ncc(CNC(C)(C)C)cc1Cl. The fourth-order valence-electron chi connectivity index (χ4n) is 2.42. The number of ether oxygens (including phenoxy) is 1. The van der Waals surface area contributed by atoms with Crippen LogP contribution in [-0.4, -0.2) is 36.3 Å². The molecule has 0 spiro atoms. The van der Waals surface area contributed by atoms with Crippen molar-refractivity contribution in [3.63, 3.8) is 0 Å². The van der Waals surface area contributed by atoms with Crippen LogP contribution in [0.25, 0.3) is 0 Å². The first-order valence-electron chi connectivity index (χ1n) is 7.64. The first-order valence-corrected chi connectivity index (χ1v) is 8.02. The van der Waals surface area contributed by atoms with Crippen molar-refractivity contribution >= 4 is 17.4 Å². The number of halogens is 1. The lowest BCUT2D eigenvalue weighted by atomic mass is 10.1. The maximum absolute atomic E-state index is 6.46. The summed E-state index contributed by atoms with van der Waals surface area (Å²) in [5.74, 6) is 0.881. The summed E-state index contributed by atoms with van der Waals surface area (Å²) in [6.07, 6.45) is 2.95. The summed E-state index contributed by atoms with van der Waals surface area (Å²) >= 11 is 6.46. The number of nitrogens with zero attached hydrogens (tertiary/aromatic N) is 2. The van der Waals surface area contributed by atoms with Crippen LogP contribution in [0.5, 0.6) is 0 Å². The Hall–Kier alpha value is -0.840. The Labute approximate surface area is 132 Å². The Morgan fingerprint density at radius 1 is 1.48 bits per heavy atom. The molecule has 2 rings (SSSR count). The zero-order chi connectivity index (χ0) is 15.5. The van der Waals surface area contributed by atoms with Crippen LogP contribution in [0.3, 0.4) is 0 Å². The van der Waals surface area contributed by atoms with Gasteiger partial charge < -0.3 is 15.0 Å². The van der Waals surface area contributed by atoms with Gasteiger partial charge in [0.05, 0.1) is 24.3 Å². The molecule has 0 bridgehead atoms. The van der Waals surface area contributed by atoms with Gasteiger partial charge in [-0.2, -0.15) is 0 Å². The molecule has 1 N–H and O–H groups in total. The van der Waals surface area contributed by atoms with E-state index in [1.54, 1.807) is 0 Å². The van der Waals surface area contributed by atoms with E-state index in [1.165, 1.54) is 0 Å². The molecule has 1 aliphatic heterocycles. The van der Waals surface area contributed by atoms with Gasteiger partial charge in [0, 0.05) is 24.8 Å². The third kappa shape index (κ3) is 4.56. The van der Waals surface area contributed by atoms with Gasteiger partial charge in [0.15, 0.2) is 0 Å². The largest absolute Gasteiger partial charge is 0.377 e. The highest BCUT2D eigenvalue weighted by atomic mass is 35.5. The summed E-state index contributed by atoms with van der Waals surface area (Å²) < 4.78 is 5.54. The van der Waals surface area contributed by atoms with Crippen LogP contribution in [0.15, 0.2) is 12.3 Å². The Bertz CT molecular complexity index is 473. The third-order valence-corrected chi connectivity index (χ3v) is 3.95. The molecular formula is C16H26ClN3O. The zero-order valence-corrected chi connectivity index (χ0v) is 14.2. The van der Waals surface area contributed by atoms with Gasteiger partial charge in [0.2, 0.25) is 0 Å². The highest BCUT2D eigenvalue weighted by Gasteiger charge is 2.24. The second kappa shape index (κ2) is 6.95. The van der Waals surface area contributed by atoms with Gasteiger partial charge in [0.25, 0.3) is 0 Å². The van der Waals surface area contributed by atoms with E-state index in [1.807, 2.05) is 12.3 Å². The Morgan fingerprint density at radius 3 is 2.86 bits per heavy atom. The van der Waals surface area contributed by atoms with E-state index in [0.717, 1.165) is 49.1 Å². The second-order valence-corrected chi connectivity index (χ2v) is 6.99. The summed E-state index contributed by atoms with van der Waals surface area (Å²) in [6, 6.07) is 2.38. The first-order chi connectivity index (χ1) is 9.90. The molecule has 1 aromatic rings. The summed E-state index contributed by atoms with van der Waals surface area (Å²) in [5, 5.41) is 4.18. The summed E-state index contributed by atoms with van der Waals surface area (Å²) in [5.41, 5.74) is 1.20. The molecular weight excluding hydrogens is 286 g/mol. The minimum absolute atomic E-state index is 0.0860. The molecule has 5 heteroatoms. The molecule has 1 atom stereocenters. The van der Waals surface area contributed by atoms with Gasteiger partial charge in [0.1, 0.15) is 5.82 Å². The molecule has 0 radical (unpaired) electrons. The monoisotopic (exact) mass is 311 g/mol. The molecule has 1 aromatic heterocycles. The number of rotatable bonds is 4. The summed E-state index contributed by atoms with van der Waals surface area (Å²) in [4.78, 5) is 6.87. The van der Waals surface area contributed by atoms with E-state index >= 15 is 0 Å². The van der Waals surface area contributed by atoms with Gasteiger partial charge in [-0.05, 0) is 38.8 Å². The van der Waals surface area contributed by atoms with E-state index in [0.29, 0.717) is 6.04 Å². The smallest absolute Gasteiger partial charge is 0.147 e. The number of morpholine rings is 1. The predicted molar refractivity (Wildman–Crippen MR) is 88.1 cm³/mol. The van der Waals surface area contributed by atoms with Crippen LogP contribution in [0.1, 0.15) is 39.7 Å². The minimum atomic E-state index is 0.0860. The van der Waals surface area contributed by atoms with Crippen molar-refractivity contribution < 1.29 is 4.74 Å². The fraction of sp³-hybridized carbons (Fsp3) is 0.688. The van der Waals surface area contributed by atoms with Crippen LogP contribution in [0.2, 0.25) is 5.02 Å². The molecule has 1 fully saturated rings. The standard InChI is InChI=1S/C16H26ClN3O/c1-5-13-11-21-7-6-20(13)15-14(17)8-12(9-18-15)10-19-16(2,3)4/h8-9,13,19H,5-7,10-11H2,1-4H3. The van der Waals surface area contributed by atoms with Crippen LogP contribution in [-0.2, 0) is 11.3 Å². The lowest BCUT2D eigenvalue weighted by Gasteiger charge is -2.36. The molecule has 118 valence electrons. The molecule has 1 unspecified atom stereocenters. The van der Waals surface area contributed by atoms with Crippen molar-refractivity contribution in [2.24, 2.45) is 0 Å². The van der Waals surface area contributed by atoms with Crippen molar-refractivity contribution in [2.75, 3.05) is 24.7 Å². The number of hydrogen-bond donors (Lipinski definition) is 1. The van der Waals surface area contributed by atoms with Crippen molar-refractivity contribution in [1.29, 1.82) is 0 Å². The van der Waals surface area contributed by atoms with Gasteiger partial charge >= 0.3 is 0 Å². The van der Waals surface area contributed by atoms with Crippen molar-refractivity contribution in [1.82, 2.24) is 10.3 Å². The average molecular weight is 312 g/mol. The van der Waals surface area contributed by atoms with Gasteiger partial charge in [-0.3, -0.25) is 0 Å². The van der Waals surface area contributed by atoms with Crippen LogP contribution >= 0.6 is 11.6 Å². The van der Waals surface area contributed by atoms with E-state index in [4.69, 9.17) is 16.3 Å². The van der Waals surface area contributed by atoms with Crippen LogP contribution in [0.4, 0.5) is 5.82 Å². The Kier molecular flexibility index (Phi) is 5.47. The lowest BCUT2D eigenvalue weighted by Crippen LogP contribution is -2.45. The number of anilines is 1. The fourth-order valence-corrected chi connectivity index (χ4v) is 2.71. The zero-order valence-electron chi connectivity index (χ0n) is 13.4. The summed E-state index contributed by atoms with van der Waals surface area (Å²) in [6.45, 7) is 11.7. The maximum atomic E-state index is 6.46. The Morgan fingerprint density at radius 2 is 2.24 bits per heavy atom. The Balaban J connectivity index is 2.11. The molecule has 1 aliphatic rings. The molecule has 0 amide bonds. The number of pyridine rings is 1. The van der Waals surface area contributed by atoms with Crippen LogP contribution in [0, 0.1) is 0 Å². The average Bonchev–Trinajstić information content (AvgIpc) is 2.44. The van der Waals surface area contributed by atoms with Crippen molar-refractivity contribution in [3.8, 4) is 0 Å². The molecule has 0 aliphatic carbocycles. The van der Waals surface area contributed by atoms with E-state index in [-0.39, 0.29) is 5.54 Å². The third-order valence-electron chi connectivity index (χ3n) is 3.67. The minimum Gasteiger partial charge on any atom is -0.377 e. The summed E-state index contributed by atoms with van der Waals surface area (Å²) in [7, 11) is 0. The molecule has 21 heavy (non-hydrogen) atoms. The molecule has 1 saturated heterocycles. The highest BCUT2D eigenvalue weighted by molar-refractivity contribution is 6.33. The van der Waals surface area contributed by atoms with Crippen LogP contribution < -0.4 is 10.2 Å². The highest BCUT2D eigenvalue weighted by Crippen LogP contribution is 2.28. The number of hydrogen-bond acceptors (Lipinski definition) is 4. The topological polar surface area (TPSA) is 37.4 Å². The van der Waals surface area contributed by atoms with Crippen molar-refractivity contribution in [3.05, 3.63) is 22.8 Å².